The first-order chi connectivity index (χ1) is 11.9. The van der Waals surface area contributed by atoms with Crippen LogP contribution >= 0.6 is 0 Å². The molecule has 0 bridgehead atoms. The minimum absolute atomic E-state index is 0.0425. The van der Waals surface area contributed by atoms with Gasteiger partial charge in [-0.2, -0.15) is 4.98 Å². The maximum absolute atomic E-state index is 12.9. The molecule has 1 fully saturated rings. The number of aliphatic hydroxyl groups is 2. The lowest BCUT2D eigenvalue weighted by Gasteiger charge is -2.19. The molecule has 1 saturated heterocycles. The normalized spacial score (nSPS) is 24.9. The SMILES string of the molecule is CC[C@H](O)[C@@H]1C[C@@H](C)[C@H](n2c(=O)n(CCO)c3c(=O)[nH]c(N)nc32)O1. The molecule has 0 aromatic carbocycles. The van der Waals surface area contributed by atoms with Crippen molar-refractivity contribution in [3.63, 3.8) is 0 Å². The van der Waals surface area contributed by atoms with Crippen LogP contribution in [-0.2, 0) is 11.3 Å². The predicted octanol–water partition coefficient (Wildman–Crippen LogP) is -0.845. The molecule has 10 heteroatoms. The summed E-state index contributed by atoms with van der Waals surface area (Å²) in [4.78, 5) is 31.6. The molecule has 138 valence electrons. The van der Waals surface area contributed by atoms with E-state index < -0.39 is 29.7 Å². The van der Waals surface area contributed by atoms with Gasteiger partial charge in [0.25, 0.3) is 5.56 Å². The molecule has 0 aliphatic carbocycles. The lowest BCUT2D eigenvalue weighted by Crippen LogP contribution is -2.31. The van der Waals surface area contributed by atoms with Crippen molar-refractivity contribution in [1.29, 1.82) is 0 Å². The Hall–Kier alpha value is -2.17. The Kier molecular flexibility index (Phi) is 4.67. The number of nitrogens with two attached hydrogens (primary N) is 1. The number of fused-ring (bicyclic) bond motifs is 1. The van der Waals surface area contributed by atoms with Crippen LogP contribution in [0, 0.1) is 5.92 Å². The van der Waals surface area contributed by atoms with E-state index in [2.05, 4.69) is 9.97 Å². The molecule has 4 atom stereocenters. The zero-order valence-electron chi connectivity index (χ0n) is 14.2. The van der Waals surface area contributed by atoms with E-state index in [1.165, 1.54) is 9.13 Å². The maximum Gasteiger partial charge on any atom is 0.332 e. The fourth-order valence-electron chi connectivity index (χ4n) is 3.41. The van der Waals surface area contributed by atoms with Crippen molar-refractivity contribution in [2.24, 2.45) is 5.92 Å². The Morgan fingerprint density at radius 3 is 2.84 bits per heavy atom. The summed E-state index contributed by atoms with van der Waals surface area (Å²) in [5.74, 6) is -0.178. The van der Waals surface area contributed by atoms with E-state index >= 15 is 0 Å². The zero-order chi connectivity index (χ0) is 18.3. The summed E-state index contributed by atoms with van der Waals surface area (Å²) >= 11 is 0. The van der Waals surface area contributed by atoms with Crippen molar-refractivity contribution in [3.05, 3.63) is 20.8 Å². The van der Waals surface area contributed by atoms with Gasteiger partial charge in [-0.25, -0.2) is 9.36 Å². The zero-order valence-corrected chi connectivity index (χ0v) is 14.2. The highest BCUT2D eigenvalue weighted by atomic mass is 16.5. The van der Waals surface area contributed by atoms with Crippen molar-refractivity contribution < 1.29 is 14.9 Å². The number of anilines is 1. The van der Waals surface area contributed by atoms with Crippen LogP contribution in [-0.4, -0.2) is 48.1 Å². The first-order valence-corrected chi connectivity index (χ1v) is 8.33. The number of aliphatic hydroxyl groups excluding tert-OH is 2. The molecule has 5 N–H and O–H groups in total. The number of hydrogen-bond acceptors (Lipinski definition) is 7. The molecular weight excluding hydrogens is 330 g/mol. The summed E-state index contributed by atoms with van der Waals surface area (Å²) < 4.78 is 8.38. The Labute approximate surface area is 142 Å². The number of aromatic nitrogens is 4. The molecule has 25 heavy (non-hydrogen) atoms. The first-order valence-electron chi connectivity index (χ1n) is 8.33. The Morgan fingerprint density at radius 1 is 1.48 bits per heavy atom. The molecule has 0 radical (unpaired) electrons. The van der Waals surface area contributed by atoms with Gasteiger partial charge in [-0.1, -0.05) is 13.8 Å². The Bertz CT molecular complexity index is 885. The summed E-state index contributed by atoms with van der Waals surface area (Å²) in [6, 6.07) is 0. The highest BCUT2D eigenvalue weighted by molar-refractivity contribution is 5.71. The topological polar surface area (TPSA) is 148 Å². The van der Waals surface area contributed by atoms with Gasteiger partial charge in [0.2, 0.25) is 5.95 Å². The highest BCUT2D eigenvalue weighted by Gasteiger charge is 2.39. The van der Waals surface area contributed by atoms with Gasteiger partial charge >= 0.3 is 5.69 Å². The molecule has 0 spiro atoms. The number of ether oxygens (including phenoxy) is 1. The molecule has 3 heterocycles. The lowest BCUT2D eigenvalue weighted by atomic mass is 10.0. The van der Waals surface area contributed by atoms with Crippen LogP contribution in [0.25, 0.3) is 11.2 Å². The molecular formula is C15H23N5O5. The summed E-state index contributed by atoms with van der Waals surface area (Å²) in [5, 5.41) is 19.3. The fourth-order valence-corrected chi connectivity index (χ4v) is 3.41. The number of rotatable bonds is 5. The summed E-state index contributed by atoms with van der Waals surface area (Å²) in [7, 11) is 0. The van der Waals surface area contributed by atoms with Gasteiger partial charge < -0.3 is 20.7 Å². The molecule has 0 amide bonds. The standard InChI is InChI=1S/C15H23N5O5/c1-3-8(22)9-6-7(2)13(25-9)20-11-10(12(23)18-14(16)17-11)19(4-5-21)15(20)24/h7-9,13,21-22H,3-6H2,1-2H3,(H3,16,17,18,23)/t7-,8+,9+,13-/m1/s1. The van der Waals surface area contributed by atoms with E-state index in [1.54, 1.807) is 0 Å². The number of nitrogens with zero attached hydrogens (tertiary/aromatic N) is 3. The van der Waals surface area contributed by atoms with Crippen molar-refractivity contribution in [3.8, 4) is 0 Å². The third kappa shape index (κ3) is 2.86. The lowest BCUT2D eigenvalue weighted by molar-refractivity contribution is -0.0651. The van der Waals surface area contributed by atoms with E-state index in [4.69, 9.17) is 10.5 Å². The van der Waals surface area contributed by atoms with Crippen molar-refractivity contribution in [2.75, 3.05) is 12.3 Å². The molecule has 0 unspecified atom stereocenters. The van der Waals surface area contributed by atoms with Crippen molar-refractivity contribution >= 4 is 17.1 Å². The third-order valence-electron chi connectivity index (χ3n) is 4.66. The fraction of sp³-hybridized carbons (Fsp3) is 0.667. The second kappa shape index (κ2) is 6.62. The van der Waals surface area contributed by atoms with Gasteiger partial charge in [0.15, 0.2) is 11.2 Å². The van der Waals surface area contributed by atoms with Crippen LogP contribution in [0.4, 0.5) is 5.95 Å². The Morgan fingerprint density at radius 2 is 2.20 bits per heavy atom. The first kappa shape index (κ1) is 17.6. The minimum Gasteiger partial charge on any atom is -0.395 e. The molecule has 3 rings (SSSR count). The number of nitrogens with one attached hydrogen (secondary N) is 1. The number of aromatic amines is 1. The van der Waals surface area contributed by atoms with Crippen LogP contribution in [0.15, 0.2) is 9.59 Å². The molecule has 10 nitrogen and oxygen atoms in total. The molecule has 0 saturated carbocycles. The summed E-state index contributed by atoms with van der Waals surface area (Å²) in [6.45, 7) is 3.42. The number of imidazole rings is 1. The monoisotopic (exact) mass is 353 g/mol. The van der Waals surface area contributed by atoms with Gasteiger partial charge in [-0.3, -0.25) is 14.3 Å². The highest BCUT2D eigenvalue weighted by Crippen LogP contribution is 2.36. The summed E-state index contributed by atoms with van der Waals surface area (Å²) in [5.41, 5.74) is 4.74. The van der Waals surface area contributed by atoms with E-state index in [0.29, 0.717) is 12.8 Å². The smallest absolute Gasteiger partial charge is 0.332 e. The third-order valence-corrected chi connectivity index (χ3v) is 4.66. The van der Waals surface area contributed by atoms with Gasteiger partial charge in [-0.05, 0) is 12.8 Å². The van der Waals surface area contributed by atoms with E-state index in [-0.39, 0.29) is 36.2 Å². The number of hydrogen-bond donors (Lipinski definition) is 4. The van der Waals surface area contributed by atoms with E-state index in [9.17, 15) is 19.8 Å². The minimum atomic E-state index is -0.671. The average Bonchev–Trinajstić information content (AvgIpc) is 3.05. The van der Waals surface area contributed by atoms with Crippen LogP contribution in [0.5, 0.6) is 0 Å². The van der Waals surface area contributed by atoms with Gasteiger partial charge in [-0.15, -0.1) is 0 Å². The quantitative estimate of drug-likeness (QED) is 0.547. The number of H-pyrrole nitrogens is 1. The Balaban J connectivity index is 2.18. The average molecular weight is 353 g/mol. The van der Waals surface area contributed by atoms with E-state index in [0.717, 1.165) is 0 Å². The largest absolute Gasteiger partial charge is 0.395 e. The van der Waals surface area contributed by atoms with Crippen molar-refractivity contribution in [1.82, 2.24) is 19.1 Å². The maximum atomic E-state index is 12.9. The predicted molar refractivity (Wildman–Crippen MR) is 90.1 cm³/mol. The second-order valence-electron chi connectivity index (χ2n) is 6.40. The van der Waals surface area contributed by atoms with Gasteiger partial charge in [0.1, 0.15) is 6.23 Å². The molecule has 2 aromatic rings. The van der Waals surface area contributed by atoms with E-state index in [1.807, 2.05) is 13.8 Å². The van der Waals surface area contributed by atoms with Crippen LogP contribution in [0.3, 0.4) is 0 Å². The van der Waals surface area contributed by atoms with Crippen LogP contribution in [0.2, 0.25) is 0 Å². The van der Waals surface area contributed by atoms with Crippen LogP contribution in [0.1, 0.15) is 32.9 Å². The van der Waals surface area contributed by atoms with Gasteiger partial charge in [0, 0.05) is 5.92 Å². The van der Waals surface area contributed by atoms with Crippen LogP contribution < -0.4 is 17.0 Å². The van der Waals surface area contributed by atoms with Gasteiger partial charge in [0.05, 0.1) is 25.4 Å². The second-order valence-corrected chi connectivity index (χ2v) is 6.40. The summed E-state index contributed by atoms with van der Waals surface area (Å²) in [6.07, 6.45) is -0.578. The number of nitrogen functional groups attached to an aromatic ring is 1. The molecule has 2 aromatic heterocycles. The molecule has 1 aliphatic heterocycles. The molecule has 1 aliphatic rings. The van der Waals surface area contributed by atoms with Crippen molar-refractivity contribution in [2.45, 2.75) is 51.7 Å².